The van der Waals surface area contributed by atoms with E-state index in [1.54, 1.807) is 7.11 Å². The zero-order chi connectivity index (χ0) is 11.7. The van der Waals surface area contributed by atoms with Crippen molar-refractivity contribution < 1.29 is 9.47 Å². The van der Waals surface area contributed by atoms with Gasteiger partial charge in [0.15, 0.2) is 5.75 Å². The van der Waals surface area contributed by atoms with E-state index in [0.29, 0.717) is 5.75 Å². The number of hydrogen-bond acceptors (Lipinski definition) is 3. The summed E-state index contributed by atoms with van der Waals surface area (Å²) in [4.78, 5) is 4.40. The predicted octanol–water partition coefficient (Wildman–Crippen LogP) is 3.55. The molecular formula is C14H11NO2. The fraction of sp³-hybridized carbons (Fsp3) is 0.0714. The fourth-order valence-electron chi connectivity index (χ4n) is 1.75. The molecule has 0 atom stereocenters. The molecule has 0 saturated heterocycles. The van der Waals surface area contributed by atoms with Gasteiger partial charge in [-0.15, -0.1) is 0 Å². The van der Waals surface area contributed by atoms with Gasteiger partial charge >= 0.3 is 0 Å². The van der Waals surface area contributed by atoms with E-state index >= 15 is 0 Å². The van der Waals surface area contributed by atoms with E-state index in [0.717, 1.165) is 22.7 Å². The van der Waals surface area contributed by atoms with E-state index < -0.39 is 0 Å². The number of methoxy groups -OCH3 is 1. The minimum Gasteiger partial charge on any atom is -0.497 e. The van der Waals surface area contributed by atoms with Crippen molar-refractivity contribution in [3.05, 3.63) is 48.0 Å². The molecule has 1 aliphatic rings. The van der Waals surface area contributed by atoms with Gasteiger partial charge in [0.2, 0.25) is 0 Å². The van der Waals surface area contributed by atoms with Gasteiger partial charge in [-0.1, -0.05) is 12.1 Å². The lowest BCUT2D eigenvalue weighted by molar-refractivity contribution is 0.409. The first-order chi connectivity index (χ1) is 8.36. The molecule has 3 rings (SSSR count). The van der Waals surface area contributed by atoms with Gasteiger partial charge in [-0.25, -0.2) is 0 Å². The van der Waals surface area contributed by atoms with Crippen LogP contribution < -0.4 is 9.47 Å². The lowest BCUT2D eigenvalue weighted by atomic mass is 10.2. The van der Waals surface area contributed by atoms with Crippen LogP contribution in [0.2, 0.25) is 0 Å². The Morgan fingerprint density at radius 3 is 2.82 bits per heavy atom. The highest BCUT2D eigenvalue weighted by molar-refractivity contribution is 5.87. The maximum Gasteiger partial charge on any atom is 0.156 e. The molecule has 0 amide bonds. The zero-order valence-electron chi connectivity index (χ0n) is 9.38. The number of hydrogen-bond donors (Lipinski definition) is 0. The molecule has 1 aliphatic heterocycles. The third kappa shape index (κ3) is 1.76. The molecule has 0 spiro atoms. The van der Waals surface area contributed by atoms with Crippen molar-refractivity contribution in [1.82, 2.24) is 0 Å². The van der Waals surface area contributed by atoms with Crippen LogP contribution in [0.1, 0.15) is 5.56 Å². The van der Waals surface area contributed by atoms with Crippen molar-refractivity contribution >= 4 is 11.9 Å². The van der Waals surface area contributed by atoms with Crippen LogP contribution in [0.4, 0.5) is 5.69 Å². The smallest absolute Gasteiger partial charge is 0.156 e. The summed E-state index contributed by atoms with van der Waals surface area (Å²) < 4.78 is 11.0. The molecule has 0 bridgehead atoms. The van der Waals surface area contributed by atoms with E-state index in [1.165, 1.54) is 0 Å². The summed E-state index contributed by atoms with van der Waals surface area (Å²) in [5.74, 6) is 2.28. The first-order valence-electron chi connectivity index (χ1n) is 5.36. The van der Waals surface area contributed by atoms with E-state index in [9.17, 15) is 0 Å². The SMILES string of the molecule is COc1ccc2c(c1)Oc1ccccc1C=N2. The summed E-state index contributed by atoms with van der Waals surface area (Å²) in [6, 6.07) is 13.4. The summed E-state index contributed by atoms with van der Waals surface area (Å²) in [5, 5.41) is 0. The molecule has 3 nitrogen and oxygen atoms in total. The van der Waals surface area contributed by atoms with Gasteiger partial charge in [0.25, 0.3) is 0 Å². The topological polar surface area (TPSA) is 30.8 Å². The molecule has 1 heterocycles. The minimum absolute atomic E-state index is 0.713. The van der Waals surface area contributed by atoms with Crippen LogP contribution in [-0.4, -0.2) is 13.3 Å². The summed E-state index contributed by atoms with van der Waals surface area (Å²) in [6.07, 6.45) is 1.81. The number of fused-ring (bicyclic) bond motifs is 2. The fourth-order valence-corrected chi connectivity index (χ4v) is 1.75. The van der Waals surface area contributed by atoms with E-state index in [1.807, 2.05) is 48.7 Å². The molecule has 0 N–H and O–H groups in total. The Labute approximate surface area is 99.3 Å². The molecule has 0 saturated carbocycles. The molecule has 2 aromatic rings. The second-order valence-corrected chi connectivity index (χ2v) is 3.73. The van der Waals surface area contributed by atoms with Gasteiger partial charge in [-0.05, 0) is 24.3 Å². The Balaban J connectivity index is 2.12. The van der Waals surface area contributed by atoms with Crippen LogP contribution in [0.3, 0.4) is 0 Å². The van der Waals surface area contributed by atoms with E-state index in [4.69, 9.17) is 9.47 Å². The van der Waals surface area contributed by atoms with Gasteiger partial charge in [0, 0.05) is 17.8 Å². The molecule has 0 aromatic heterocycles. The first kappa shape index (κ1) is 9.90. The van der Waals surface area contributed by atoms with Crippen molar-refractivity contribution in [3.8, 4) is 17.2 Å². The average molecular weight is 225 g/mol. The Bertz CT molecular complexity index is 591. The van der Waals surface area contributed by atoms with Gasteiger partial charge in [-0.3, -0.25) is 4.99 Å². The lowest BCUT2D eigenvalue weighted by Gasteiger charge is -2.08. The van der Waals surface area contributed by atoms with Crippen LogP contribution >= 0.6 is 0 Å². The molecule has 2 aromatic carbocycles. The Hall–Kier alpha value is -2.29. The quantitative estimate of drug-likeness (QED) is 0.634. The van der Waals surface area contributed by atoms with Crippen molar-refractivity contribution in [2.24, 2.45) is 4.99 Å². The molecular weight excluding hydrogens is 214 g/mol. The average Bonchev–Trinajstić information content (AvgIpc) is 2.56. The molecule has 0 unspecified atom stereocenters. The van der Waals surface area contributed by atoms with Crippen molar-refractivity contribution in [2.75, 3.05) is 7.11 Å². The highest BCUT2D eigenvalue weighted by Gasteiger charge is 2.11. The van der Waals surface area contributed by atoms with Gasteiger partial charge in [-0.2, -0.15) is 0 Å². The van der Waals surface area contributed by atoms with Crippen LogP contribution in [-0.2, 0) is 0 Å². The van der Waals surface area contributed by atoms with Crippen molar-refractivity contribution in [3.63, 3.8) is 0 Å². The number of nitrogens with zero attached hydrogens (tertiary/aromatic N) is 1. The van der Waals surface area contributed by atoms with Crippen molar-refractivity contribution in [1.29, 1.82) is 0 Å². The molecule has 84 valence electrons. The Kier molecular flexibility index (Phi) is 2.29. The second-order valence-electron chi connectivity index (χ2n) is 3.73. The largest absolute Gasteiger partial charge is 0.497 e. The van der Waals surface area contributed by atoms with Crippen LogP contribution in [0, 0.1) is 0 Å². The van der Waals surface area contributed by atoms with Gasteiger partial charge in [0.05, 0.1) is 7.11 Å². The molecule has 3 heteroatoms. The second kappa shape index (κ2) is 3.94. The van der Waals surface area contributed by atoms with Crippen LogP contribution in [0.5, 0.6) is 17.2 Å². The number of aliphatic imine (C=N–C) groups is 1. The van der Waals surface area contributed by atoms with Crippen molar-refractivity contribution in [2.45, 2.75) is 0 Å². The van der Waals surface area contributed by atoms with Crippen LogP contribution in [0.15, 0.2) is 47.5 Å². The third-order valence-electron chi connectivity index (χ3n) is 2.65. The maximum atomic E-state index is 5.84. The van der Waals surface area contributed by atoms with Crippen LogP contribution in [0.25, 0.3) is 0 Å². The monoisotopic (exact) mass is 225 g/mol. The Morgan fingerprint density at radius 2 is 1.94 bits per heavy atom. The molecule has 0 radical (unpaired) electrons. The highest BCUT2D eigenvalue weighted by Crippen LogP contribution is 2.38. The van der Waals surface area contributed by atoms with Gasteiger partial charge in [0.1, 0.15) is 17.2 Å². The van der Waals surface area contributed by atoms with E-state index in [2.05, 4.69) is 4.99 Å². The van der Waals surface area contributed by atoms with Gasteiger partial charge < -0.3 is 9.47 Å². The zero-order valence-corrected chi connectivity index (χ0v) is 9.38. The predicted molar refractivity (Wildman–Crippen MR) is 66.8 cm³/mol. The number of benzene rings is 2. The molecule has 0 fully saturated rings. The number of para-hydroxylation sites is 1. The summed E-state index contributed by atoms with van der Waals surface area (Å²) in [5.41, 5.74) is 1.78. The molecule has 0 aliphatic carbocycles. The third-order valence-corrected chi connectivity index (χ3v) is 2.65. The normalized spacial score (nSPS) is 12.1. The minimum atomic E-state index is 0.713. The highest BCUT2D eigenvalue weighted by atomic mass is 16.5. The number of rotatable bonds is 1. The summed E-state index contributed by atoms with van der Waals surface area (Å²) >= 11 is 0. The lowest BCUT2D eigenvalue weighted by Crippen LogP contribution is -1.88. The standard InChI is InChI=1S/C14H11NO2/c1-16-11-6-7-12-14(8-11)17-13-5-3-2-4-10(13)9-15-12/h2-9H,1H3. The number of ether oxygens (including phenoxy) is 2. The van der Waals surface area contributed by atoms with E-state index in [-0.39, 0.29) is 0 Å². The Morgan fingerprint density at radius 1 is 1.06 bits per heavy atom. The first-order valence-corrected chi connectivity index (χ1v) is 5.36. The maximum absolute atomic E-state index is 5.84. The summed E-state index contributed by atoms with van der Waals surface area (Å²) in [7, 11) is 1.63. The molecule has 17 heavy (non-hydrogen) atoms. The summed E-state index contributed by atoms with van der Waals surface area (Å²) in [6.45, 7) is 0.